The molecule has 0 saturated heterocycles. The van der Waals surface area contributed by atoms with Crippen molar-refractivity contribution in [3.63, 3.8) is 0 Å². The second-order valence-corrected chi connectivity index (χ2v) is 19.1. The Labute approximate surface area is 326 Å². The van der Waals surface area contributed by atoms with Gasteiger partial charge in [0.2, 0.25) is 21.8 Å². The Balaban J connectivity index is 1.10. The quantitative estimate of drug-likeness (QED) is 0.255. The van der Waals surface area contributed by atoms with Gasteiger partial charge in [-0.05, 0) is 83.3 Å². The fourth-order valence-electron chi connectivity index (χ4n) is 8.84. The van der Waals surface area contributed by atoms with Crippen molar-refractivity contribution in [2.45, 2.75) is 113 Å². The molecule has 1 unspecified atom stereocenters. The lowest BCUT2D eigenvalue weighted by Crippen LogP contribution is -2.54. The number of ether oxygens (including phenoxy) is 2. The molecule has 3 amide bonds. The van der Waals surface area contributed by atoms with E-state index in [2.05, 4.69) is 15.4 Å². The van der Waals surface area contributed by atoms with E-state index in [0.29, 0.717) is 55.3 Å². The van der Waals surface area contributed by atoms with E-state index in [4.69, 9.17) is 19.4 Å². The topological polar surface area (TPSA) is 157 Å². The SMILES string of the molecule is COc1ccc2c(O[C@@H]3C[C@H]4C(=O)NC5(C(=O)NS(=O)(=O)C6CC6)C[C@H]5C=CCCCCN(C)C(=O)[C@@H]4C3)cc(-c3csc(C4CCCCC4)n3)nc2c1C. The fraction of sp³-hybridized carbons (Fsp3) is 0.585. The van der Waals surface area contributed by atoms with Crippen molar-refractivity contribution in [1.29, 1.82) is 0 Å². The summed E-state index contributed by atoms with van der Waals surface area (Å²) >= 11 is 1.68. The van der Waals surface area contributed by atoms with E-state index in [0.717, 1.165) is 59.3 Å². The summed E-state index contributed by atoms with van der Waals surface area (Å²) in [6.07, 6.45) is 13.7. The molecule has 1 aromatic carbocycles. The molecule has 5 atom stereocenters. The summed E-state index contributed by atoms with van der Waals surface area (Å²) in [5, 5.41) is 6.39. The van der Waals surface area contributed by atoms with E-state index < -0.39 is 50.6 Å². The molecular formula is C41H51N5O7S2. The van der Waals surface area contributed by atoms with Crippen molar-refractivity contribution >= 4 is 50.0 Å². The highest BCUT2D eigenvalue weighted by Crippen LogP contribution is 2.47. The average molecular weight is 790 g/mol. The number of thiazole rings is 1. The third-order valence-corrected chi connectivity index (χ3v) is 15.2. The van der Waals surface area contributed by atoms with Gasteiger partial charge in [-0.25, -0.2) is 18.4 Å². The van der Waals surface area contributed by atoms with Gasteiger partial charge in [0.25, 0.3) is 5.91 Å². The molecule has 3 heterocycles. The number of pyridine rings is 1. The van der Waals surface area contributed by atoms with Gasteiger partial charge in [-0.1, -0.05) is 31.4 Å². The lowest BCUT2D eigenvalue weighted by atomic mass is 9.90. The van der Waals surface area contributed by atoms with Crippen LogP contribution in [0.15, 0.2) is 35.7 Å². The van der Waals surface area contributed by atoms with Crippen LogP contribution in [-0.4, -0.2) is 78.6 Å². The number of amides is 3. The van der Waals surface area contributed by atoms with Gasteiger partial charge in [-0.3, -0.25) is 19.1 Å². The van der Waals surface area contributed by atoms with Gasteiger partial charge in [-0.15, -0.1) is 11.3 Å². The number of allylic oxidation sites excluding steroid dienone is 1. The predicted octanol–water partition coefficient (Wildman–Crippen LogP) is 6.18. The van der Waals surface area contributed by atoms with Gasteiger partial charge in [0, 0.05) is 47.8 Å². The van der Waals surface area contributed by atoms with Crippen LogP contribution in [0.4, 0.5) is 0 Å². The smallest absolute Gasteiger partial charge is 0.259 e. The molecule has 2 N–H and O–H groups in total. The second-order valence-electron chi connectivity index (χ2n) is 16.3. The highest BCUT2D eigenvalue weighted by atomic mass is 32.2. The maximum absolute atomic E-state index is 14.4. The summed E-state index contributed by atoms with van der Waals surface area (Å²) in [5.74, 6) is -1.36. The fourth-order valence-corrected chi connectivity index (χ4v) is 11.2. The van der Waals surface area contributed by atoms with E-state index in [1.165, 1.54) is 19.3 Å². The van der Waals surface area contributed by atoms with Crippen LogP contribution >= 0.6 is 11.3 Å². The molecule has 14 heteroatoms. The third kappa shape index (κ3) is 7.60. The zero-order valence-corrected chi connectivity index (χ0v) is 33.5. The highest BCUT2D eigenvalue weighted by molar-refractivity contribution is 7.91. The molecule has 294 valence electrons. The largest absolute Gasteiger partial charge is 0.496 e. The summed E-state index contributed by atoms with van der Waals surface area (Å²) in [6.45, 7) is 2.53. The Morgan fingerprint density at radius 3 is 2.55 bits per heavy atom. The van der Waals surface area contributed by atoms with Crippen molar-refractivity contribution in [2.75, 3.05) is 20.7 Å². The monoisotopic (exact) mass is 789 g/mol. The van der Waals surface area contributed by atoms with Gasteiger partial charge in [0.1, 0.15) is 23.1 Å². The summed E-state index contributed by atoms with van der Waals surface area (Å²) in [4.78, 5) is 54.0. The van der Waals surface area contributed by atoms with Gasteiger partial charge >= 0.3 is 0 Å². The summed E-state index contributed by atoms with van der Waals surface area (Å²) in [5.41, 5.74) is 1.67. The lowest BCUT2D eigenvalue weighted by Gasteiger charge is -2.26. The zero-order valence-electron chi connectivity index (χ0n) is 31.8. The van der Waals surface area contributed by atoms with E-state index >= 15 is 0 Å². The molecule has 4 saturated carbocycles. The van der Waals surface area contributed by atoms with Crippen molar-refractivity contribution in [3.8, 4) is 22.9 Å². The Kier molecular flexibility index (Phi) is 10.4. The molecule has 4 fully saturated rings. The van der Waals surface area contributed by atoms with Crippen molar-refractivity contribution < 1.29 is 32.3 Å². The zero-order chi connectivity index (χ0) is 38.5. The number of benzene rings is 1. The van der Waals surface area contributed by atoms with E-state index in [-0.39, 0.29) is 18.2 Å². The molecule has 8 rings (SSSR count). The molecule has 0 bridgehead atoms. The van der Waals surface area contributed by atoms with Crippen LogP contribution in [0.5, 0.6) is 11.5 Å². The maximum Gasteiger partial charge on any atom is 0.259 e. The average Bonchev–Trinajstić information content (AvgIpc) is 4.06. The van der Waals surface area contributed by atoms with Gasteiger partial charge in [-0.2, -0.15) is 0 Å². The number of fused-ring (bicyclic) bond motifs is 3. The van der Waals surface area contributed by atoms with Crippen LogP contribution in [0.25, 0.3) is 22.3 Å². The first kappa shape index (κ1) is 37.9. The number of rotatable bonds is 8. The number of hydrogen-bond acceptors (Lipinski definition) is 10. The van der Waals surface area contributed by atoms with Gasteiger partial charge in [0.05, 0.1) is 46.1 Å². The Morgan fingerprint density at radius 2 is 1.78 bits per heavy atom. The number of carbonyl (C=O) groups excluding carboxylic acids is 3. The molecule has 5 aliphatic rings. The number of aryl methyl sites for hydroxylation is 1. The minimum absolute atomic E-state index is 0.139. The first-order chi connectivity index (χ1) is 26.5. The number of sulfonamides is 1. The minimum Gasteiger partial charge on any atom is -0.496 e. The Hall–Kier alpha value is -4.04. The standard InChI is InChI=1S/C41H51N5O7S2/c1-24-34(52-3)17-16-29-35(21-32(42-36(24)29)33-23-54-38(43-33)25-11-7-6-8-12-25)53-27-19-30-31(20-27)39(48)46(2)18-10-5-4-9-13-26-22-41(26,44-37(30)47)40(49)45-55(50,51)28-14-15-28/h9,13,16-17,21,23,25-28,30-31H,4-8,10-12,14-15,18-20,22H2,1-3H3,(H,44,47)(H,45,49)/t26-,27-,30-,31-,41?/m1/s1. The summed E-state index contributed by atoms with van der Waals surface area (Å²) in [6, 6.07) is 5.74. The van der Waals surface area contributed by atoms with E-state index in [1.54, 1.807) is 30.4 Å². The van der Waals surface area contributed by atoms with Crippen LogP contribution in [0, 0.1) is 24.7 Å². The summed E-state index contributed by atoms with van der Waals surface area (Å²) < 4.78 is 40.4. The first-order valence-corrected chi connectivity index (χ1v) is 22.3. The predicted molar refractivity (Wildman–Crippen MR) is 210 cm³/mol. The van der Waals surface area contributed by atoms with Crippen LogP contribution in [-0.2, 0) is 24.4 Å². The van der Waals surface area contributed by atoms with Crippen LogP contribution < -0.4 is 19.5 Å². The van der Waals surface area contributed by atoms with E-state index in [1.807, 2.05) is 37.3 Å². The van der Waals surface area contributed by atoms with Gasteiger partial charge in [0.15, 0.2) is 0 Å². The lowest BCUT2D eigenvalue weighted by molar-refractivity contribution is -0.140. The molecular weight excluding hydrogens is 739 g/mol. The molecule has 3 aromatic rings. The molecule has 0 radical (unpaired) electrons. The molecule has 2 aromatic heterocycles. The third-order valence-electron chi connectivity index (χ3n) is 12.4. The number of nitrogens with zero attached hydrogens (tertiary/aromatic N) is 3. The first-order valence-electron chi connectivity index (χ1n) is 19.9. The molecule has 1 aliphatic heterocycles. The van der Waals surface area contributed by atoms with Crippen molar-refractivity contribution in [3.05, 3.63) is 46.3 Å². The Morgan fingerprint density at radius 1 is 1.00 bits per heavy atom. The van der Waals surface area contributed by atoms with Crippen LogP contribution in [0.3, 0.4) is 0 Å². The molecule has 4 aliphatic carbocycles. The molecule has 0 spiro atoms. The number of nitrogens with one attached hydrogen (secondary N) is 2. The second kappa shape index (κ2) is 15.1. The maximum atomic E-state index is 14.4. The van der Waals surface area contributed by atoms with Crippen LogP contribution in [0.2, 0.25) is 0 Å². The van der Waals surface area contributed by atoms with E-state index in [9.17, 15) is 22.8 Å². The molecule has 55 heavy (non-hydrogen) atoms. The Bertz CT molecular complexity index is 2130. The van der Waals surface area contributed by atoms with Crippen LogP contribution in [0.1, 0.15) is 100.0 Å². The van der Waals surface area contributed by atoms with Crippen molar-refractivity contribution in [2.24, 2.45) is 17.8 Å². The minimum atomic E-state index is -3.83. The number of methoxy groups -OCH3 is 1. The van der Waals surface area contributed by atoms with Gasteiger partial charge < -0.3 is 19.7 Å². The molecule has 12 nitrogen and oxygen atoms in total. The highest BCUT2D eigenvalue weighted by Gasteiger charge is 2.62. The normalized spacial score (nSPS) is 27.9. The van der Waals surface area contributed by atoms with Crippen molar-refractivity contribution in [1.82, 2.24) is 24.9 Å². The summed E-state index contributed by atoms with van der Waals surface area (Å²) in [7, 11) is -0.422. The number of aromatic nitrogens is 2. The number of hydrogen-bond donors (Lipinski definition) is 2. The number of carbonyl (C=O) groups is 3.